The molecule has 0 bridgehead atoms. The largest absolute Gasteiger partial charge is 0.493 e. The van der Waals surface area contributed by atoms with Crippen LogP contribution in [0.3, 0.4) is 0 Å². The van der Waals surface area contributed by atoms with Crippen LogP contribution in [0.25, 0.3) is 10.6 Å². The molecule has 2 aliphatic rings. The van der Waals surface area contributed by atoms with Gasteiger partial charge in [0.25, 0.3) is 0 Å². The third kappa shape index (κ3) is 2.81. The Morgan fingerprint density at radius 3 is 3.08 bits per heavy atom. The number of benzene rings is 1. The summed E-state index contributed by atoms with van der Waals surface area (Å²) in [5.74, 6) is 1.07. The first-order valence-corrected chi connectivity index (χ1v) is 9.98. The molecule has 5 heteroatoms. The van der Waals surface area contributed by atoms with Crippen LogP contribution in [-0.4, -0.2) is 28.0 Å². The molecule has 5 rings (SSSR count). The summed E-state index contributed by atoms with van der Waals surface area (Å²) in [4.78, 5) is 13.0. The fraction of sp³-hybridized carbons (Fsp3) is 0.333. The van der Waals surface area contributed by atoms with E-state index in [0.717, 1.165) is 48.9 Å². The van der Waals surface area contributed by atoms with Crippen molar-refractivity contribution in [3.8, 4) is 16.3 Å². The van der Waals surface area contributed by atoms with Gasteiger partial charge in [0.1, 0.15) is 10.8 Å². The Morgan fingerprint density at radius 2 is 2.19 bits per heavy atom. The monoisotopic (exact) mass is 363 g/mol. The lowest BCUT2D eigenvalue weighted by molar-refractivity contribution is 0.193. The molecule has 1 aromatic carbocycles. The third-order valence-electron chi connectivity index (χ3n) is 5.42. The summed E-state index contributed by atoms with van der Waals surface area (Å²) in [6.07, 6.45) is 5.75. The van der Waals surface area contributed by atoms with Gasteiger partial charge in [0.2, 0.25) is 0 Å². The summed E-state index contributed by atoms with van der Waals surface area (Å²) in [6.45, 7) is 5.12. The lowest BCUT2D eigenvalue weighted by Gasteiger charge is -2.32. The van der Waals surface area contributed by atoms with Gasteiger partial charge in [-0.3, -0.25) is 9.88 Å². The average molecular weight is 363 g/mol. The first-order chi connectivity index (χ1) is 12.8. The Kier molecular flexibility index (Phi) is 3.98. The molecule has 26 heavy (non-hydrogen) atoms. The third-order valence-corrected chi connectivity index (χ3v) is 6.55. The summed E-state index contributed by atoms with van der Waals surface area (Å²) < 4.78 is 5.75. The highest BCUT2D eigenvalue weighted by molar-refractivity contribution is 7.15. The molecule has 0 spiro atoms. The zero-order chi connectivity index (χ0) is 17.5. The SMILES string of the molecule is CC(c1ccc2c(c1)OCC2)N1CCc2nc(-c3cccnc3)sc2C1. The molecule has 1 unspecified atom stereocenters. The molecule has 0 fully saturated rings. The van der Waals surface area contributed by atoms with Crippen LogP contribution in [0.15, 0.2) is 42.7 Å². The van der Waals surface area contributed by atoms with Crippen molar-refractivity contribution in [1.82, 2.24) is 14.9 Å². The second-order valence-electron chi connectivity index (χ2n) is 6.99. The van der Waals surface area contributed by atoms with Crippen molar-refractivity contribution >= 4 is 11.3 Å². The van der Waals surface area contributed by atoms with Gasteiger partial charge < -0.3 is 4.74 Å². The average Bonchev–Trinajstić information content (AvgIpc) is 3.33. The molecule has 0 aliphatic carbocycles. The zero-order valence-electron chi connectivity index (χ0n) is 14.8. The molecule has 132 valence electrons. The standard InChI is InChI=1S/C21H21N3OS/c1-14(16-5-4-15-7-10-25-19(15)11-16)24-9-6-18-20(13-24)26-21(23-18)17-3-2-8-22-12-17/h2-5,8,11-12,14H,6-7,9-10,13H2,1H3. The van der Waals surface area contributed by atoms with E-state index in [-0.39, 0.29) is 0 Å². The maximum absolute atomic E-state index is 5.75. The number of pyridine rings is 1. The van der Waals surface area contributed by atoms with Crippen LogP contribution in [0.5, 0.6) is 5.75 Å². The molecule has 2 aromatic heterocycles. The lowest BCUT2D eigenvalue weighted by atomic mass is 10.0. The summed E-state index contributed by atoms with van der Waals surface area (Å²) in [5.41, 5.74) is 5.05. The van der Waals surface area contributed by atoms with E-state index in [1.165, 1.54) is 21.7 Å². The van der Waals surface area contributed by atoms with Gasteiger partial charge >= 0.3 is 0 Å². The van der Waals surface area contributed by atoms with Crippen LogP contribution in [0.4, 0.5) is 0 Å². The van der Waals surface area contributed by atoms with Gasteiger partial charge in [0.05, 0.1) is 12.3 Å². The molecule has 0 radical (unpaired) electrons. The molecule has 0 saturated heterocycles. The Balaban J connectivity index is 1.38. The van der Waals surface area contributed by atoms with Crippen LogP contribution in [-0.2, 0) is 19.4 Å². The Labute approximate surface area is 157 Å². The molecule has 0 amide bonds. The van der Waals surface area contributed by atoms with E-state index in [1.807, 2.05) is 23.6 Å². The summed E-state index contributed by atoms with van der Waals surface area (Å²) in [6, 6.07) is 11.2. The highest BCUT2D eigenvalue weighted by Crippen LogP contribution is 2.36. The van der Waals surface area contributed by atoms with Crippen molar-refractivity contribution < 1.29 is 4.74 Å². The van der Waals surface area contributed by atoms with Gasteiger partial charge in [-0.1, -0.05) is 12.1 Å². The maximum Gasteiger partial charge on any atom is 0.125 e. The maximum atomic E-state index is 5.75. The minimum Gasteiger partial charge on any atom is -0.493 e. The van der Waals surface area contributed by atoms with Gasteiger partial charge in [-0.05, 0) is 36.2 Å². The molecule has 1 atom stereocenters. The van der Waals surface area contributed by atoms with Crippen molar-refractivity contribution in [2.45, 2.75) is 32.4 Å². The number of ether oxygens (including phenoxy) is 1. The first-order valence-electron chi connectivity index (χ1n) is 9.16. The van der Waals surface area contributed by atoms with E-state index in [4.69, 9.17) is 9.72 Å². The van der Waals surface area contributed by atoms with Crippen LogP contribution >= 0.6 is 11.3 Å². The fourth-order valence-electron chi connectivity index (χ4n) is 3.81. The van der Waals surface area contributed by atoms with Gasteiger partial charge in [-0.15, -0.1) is 11.3 Å². The molecule has 2 aliphatic heterocycles. The predicted octanol–water partition coefficient (Wildman–Crippen LogP) is 4.26. The van der Waals surface area contributed by atoms with Crippen LogP contribution < -0.4 is 4.74 Å². The Morgan fingerprint density at radius 1 is 1.23 bits per heavy atom. The highest BCUT2D eigenvalue weighted by atomic mass is 32.1. The number of nitrogens with zero attached hydrogens (tertiary/aromatic N) is 3. The quantitative estimate of drug-likeness (QED) is 0.697. The second-order valence-corrected chi connectivity index (χ2v) is 8.08. The van der Waals surface area contributed by atoms with E-state index in [2.05, 4.69) is 41.1 Å². The number of rotatable bonds is 3. The second kappa shape index (κ2) is 6.49. The van der Waals surface area contributed by atoms with E-state index in [9.17, 15) is 0 Å². The molecular weight excluding hydrogens is 342 g/mol. The summed E-state index contributed by atoms with van der Waals surface area (Å²) >= 11 is 1.81. The van der Waals surface area contributed by atoms with E-state index in [0.29, 0.717) is 6.04 Å². The number of thiazole rings is 1. The van der Waals surface area contributed by atoms with Crippen molar-refractivity contribution in [3.63, 3.8) is 0 Å². The molecule has 0 saturated carbocycles. The highest BCUT2D eigenvalue weighted by Gasteiger charge is 2.26. The van der Waals surface area contributed by atoms with E-state index in [1.54, 1.807) is 6.20 Å². The number of fused-ring (bicyclic) bond motifs is 2. The minimum atomic E-state index is 0.376. The zero-order valence-corrected chi connectivity index (χ0v) is 15.6. The lowest BCUT2D eigenvalue weighted by Crippen LogP contribution is -2.32. The molecule has 3 aromatic rings. The first kappa shape index (κ1) is 16.0. The van der Waals surface area contributed by atoms with Crippen molar-refractivity contribution in [3.05, 3.63) is 64.4 Å². The topological polar surface area (TPSA) is 38.2 Å². The molecule has 4 nitrogen and oxygen atoms in total. The van der Waals surface area contributed by atoms with Crippen molar-refractivity contribution in [2.24, 2.45) is 0 Å². The van der Waals surface area contributed by atoms with Crippen LogP contribution in [0, 0.1) is 0 Å². The van der Waals surface area contributed by atoms with Gasteiger partial charge in [-0.2, -0.15) is 0 Å². The van der Waals surface area contributed by atoms with Gasteiger partial charge in [0.15, 0.2) is 0 Å². The molecular formula is C21H21N3OS. The van der Waals surface area contributed by atoms with Crippen LogP contribution in [0.2, 0.25) is 0 Å². The Hall–Kier alpha value is -2.24. The Bertz CT molecular complexity index is 938. The summed E-state index contributed by atoms with van der Waals surface area (Å²) in [5, 5.41) is 1.09. The summed E-state index contributed by atoms with van der Waals surface area (Å²) in [7, 11) is 0. The minimum absolute atomic E-state index is 0.376. The van der Waals surface area contributed by atoms with Gasteiger partial charge in [0, 0.05) is 54.8 Å². The van der Waals surface area contributed by atoms with E-state index < -0.39 is 0 Å². The predicted molar refractivity (Wildman–Crippen MR) is 104 cm³/mol. The molecule has 0 N–H and O–H groups in total. The fourth-order valence-corrected chi connectivity index (χ4v) is 4.94. The number of hydrogen-bond acceptors (Lipinski definition) is 5. The number of hydrogen-bond donors (Lipinski definition) is 0. The van der Waals surface area contributed by atoms with Gasteiger partial charge in [-0.25, -0.2) is 4.98 Å². The number of aromatic nitrogens is 2. The van der Waals surface area contributed by atoms with Crippen LogP contribution in [0.1, 0.15) is 34.7 Å². The van der Waals surface area contributed by atoms with E-state index >= 15 is 0 Å². The van der Waals surface area contributed by atoms with Crippen molar-refractivity contribution in [2.75, 3.05) is 13.2 Å². The smallest absolute Gasteiger partial charge is 0.125 e. The molecule has 4 heterocycles. The van der Waals surface area contributed by atoms with Crippen molar-refractivity contribution in [1.29, 1.82) is 0 Å². The normalized spacial score (nSPS) is 17.4.